The third-order valence-corrected chi connectivity index (χ3v) is 3.28. The predicted octanol–water partition coefficient (Wildman–Crippen LogP) is 0.361. The van der Waals surface area contributed by atoms with Gasteiger partial charge in [0.1, 0.15) is 5.41 Å². The Kier molecular flexibility index (Phi) is 5.59. The van der Waals surface area contributed by atoms with E-state index >= 15 is 0 Å². The van der Waals surface area contributed by atoms with Crippen LogP contribution >= 0.6 is 0 Å². The second-order valence-electron chi connectivity index (χ2n) is 5.25. The maximum atomic E-state index is 12.0. The molecule has 1 aliphatic rings. The molecule has 0 spiro atoms. The quantitative estimate of drug-likeness (QED) is 0.486. The number of unbranched alkanes of at least 4 members (excludes halogenated alkanes) is 1. The van der Waals surface area contributed by atoms with Crippen molar-refractivity contribution in [2.24, 2.45) is 5.41 Å². The van der Waals surface area contributed by atoms with Crippen LogP contribution in [0.5, 0.6) is 0 Å². The van der Waals surface area contributed by atoms with Gasteiger partial charge in [-0.1, -0.05) is 13.3 Å². The van der Waals surface area contributed by atoms with E-state index in [1.54, 1.807) is 0 Å². The molecular formula is C13H25N3O2. The van der Waals surface area contributed by atoms with Gasteiger partial charge >= 0.3 is 0 Å². The van der Waals surface area contributed by atoms with Gasteiger partial charge in [-0.05, 0) is 33.4 Å². The number of nitrogens with zero attached hydrogens (tertiary/aromatic N) is 1. The van der Waals surface area contributed by atoms with Crippen LogP contribution in [0.15, 0.2) is 0 Å². The monoisotopic (exact) mass is 255 g/mol. The summed E-state index contributed by atoms with van der Waals surface area (Å²) in [5.74, 6) is -0.211. The summed E-state index contributed by atoms with van der Waals surface area (Å²) in [7, 11) is 3.91. The van der Waals surface area contributed by atoms with Gasteiger partial charge in [0, 0.05) is 19.6 Å². The Bertz CT molecular complexity index is 299. The minimum Gasteiger partial charge on any atom is -0.355 e. The molecule has 1 fully saturated rings. The van der Waals surface area contributed by atoms with Gasteiger partial charge in [0.15, 0.2) is 0 Å². The van der Waals surface area contributed by atoms with E-state index in [0.717, 1.165) is 19.4 Å². The van der Waals surface area contributed by atoms with Gasteiger partial charge < -0.3 is 15.5 Å². The van der Waals surface area contributed by atoms with Crippen LogP contribution in [0.2, 0.25) is 0 Å². The zero-order chi connectivity index (χ0) is 13.6. The van der Waals surface area contributed by atoms with E-state index in [1.165, 1.54) is 0 Å². The lowest BCUT2D eigenvalue weighted by Crippen LogP contribution is -2.44. The highest BCUT2D eigenvalue weighted by atomic mass is 16.2. The molecule has 0 heterocycles. The van der Waals surface area contributed by atoms with Gasteiger partial charge in [0.05, 0.1) is 0 Å². The summed E-state index contributed by atoms with van der Waals surface area (Å²) >= 11 is 0. The third kappa shape index (κ3) is 3.98. The molecule has 2 N–H and O–H groups in total. The van der Waals surface area contributed by atoms with E-state index in [4.69, 9.17) is 0 Å². The average Bonchev–Trinajstić information content (AvgIpc) is 3.09. The van der Waals surface area contributed by atoms with Crippen LogP contribution in [0.4, 0.5) is 0 Å². The molecule has 0 bridgehead atoms. The Hall–Kier alpha value is -1.10. The maximum absolute atomic E-state index is 12.0. The molecule has 0 radical (unpaired) electrons. The number of carbonyl (C=O) groups excluding carboxylic acids is 2. The molecule has 1 aliphatic carbocycles. The highest BCUT2D eigenvalue weighted by Gasteiger charge is 2.56. The molecule has 0 aromatic heterocycles. The van der Waals surface area contributed by atoms with Gasteiger partial charge in [-0.2, -0.15) is 0 Å². The van der Waals surface area contributed by atoms with Crippen molar-refractivity contribution in [2.75, 3.05) is 33.7 Å². The van der Waals surface area contributed by atoms with Crippen molar-refractivity contribution in [1.29, 1.82) is 0 Å². The highest BCUT2D eigenvalue weighted by Crippen LogP contribution is 2.46. The van der Waals surface area contributed by atoms with Crippen molar-refractivity contribution >= 4 is 11.8 Å². The summed E-state index contributed by atoms with van der Waals surface area (Å²) in [6.45, 7) is 4.13. The van der Waals surface area contributed by atoms with Crippen molar-refractivity contribution < 1.29 is 9.59 Å². The predicted molar refractivity (Wildman–Crippen MR) is 71.1 cm³/mol. The molecule has 0 atom stereocenters. The molecular weight excluding hydrogens is 230 g/mol. The standard InChI is InChI=1S/C13H25N3O2/c1-4-5-8-14-11(17)13(6-7-13)12(18)15-9-10-16(2)3/h4-10H2,1-3H3,(H,14,17)(H,15,18). The molecule has 0 aliphatic heterocycles. The van der Waals surface area contributed by atoms with Crippen LogP contribution in [0, 0.1) is 5.41 Å². The molecule has 0 aromatic carbocycles. The molecule has 2 amide bonds. The maximum Gasteiger partial charge on any atom is 0.235 e. The van der Waals surface area contributed by atoms with Crippen LogP contribution in [0.1, 0.15) is 32.6 Å². The van der Waals surface area contributed by atoms with E-state index in [1.807, 2.05) is 19.0 Å². The van der Waals surface area contributed by atoms with E-state index in [9.17, 15) is 9.59 Å². The first-order valence-electron chi connectivity index (χ1n) is 6.74. The van der Waals surface area contributed by atoms with Gasteiger partial charge in [0.2, 0.25) is 11.8 Å². The van der Waals surface area contributed by atoms with Crippen molar-refractivity contribution in [2.45, 2.75) is 32.6 Å². The lowest BCUT2D eigenvalue weighted by Gasteiger charge is -2.16. The van der Waals surface area contributed by atoms with Gasteiger partial charge in [-0.3, -0.25) is 9.59 Å². The van der Waals surface area contributed by atoms with Crippen LogP contribution in [0.3, 0.4) is 0 Å². The van der Waals surface area contributed by atoms with Gasteiger partial charge in [-0.25, -0.2) is 0 Å². The summed E-state index contributed by atoms with van der Waals surface area (Å²) in [5, 5.41) is 5.70. The van der Waals surface area contributed by atoms with Gasteiger partial charge in [0.25, 0.3) is 0 Å². The molecule has 0 aromatic rings. The molecule has 5 heteroatoms. The first-order valence-corrected chi connectivity index (χ1v) is 6.74. The fourth-order valence-electron chi connectivity index (χ4n) is 1.79. The minimum atomic E-state index is -0.764. The Morgan fingerprint density at radius 2 is 1.67 bits per heavy atom. The summed E-state index contributed by atoms with van der Waals surface area (Å²) < 4.78 is 0. The van der Waals surface area contributed by atoms with E-state index in [2.05, 4.69) is 17.6 Å². The zero-order valence-corrected chi connectivity index (χ0v) is 11.7. The summed E-state index contributed by atoms with van der Waals surface area (Å²) in [6.07, 6.45) is 3.36. The Balaban J connectivity index is 2.33. The molecule has 1 rings (SSSR count). The SMILES string of the molecule is CCCCNC(=O)C1(C(=O)NCCN(C)C)CC1. The lowest BCUT2D eigenvalue weighted by atomic mass is 10.1. The second-order valence-corrected chi connectivity index (χ2v) is 5.25. The topological polar surface area (TPSA) is 61.4 Å². The molecule has 0 saturated heterocycles. The zero-order valence-electron chi connectivity index (χ0n) is 11.7. The number of rotatable bonds is 8. The first-order chi connectivity index (χ1) is 8.53. The Morgan fingerprint density at radius 1 is 1.11 bits per heavy atom. The number of hydrogen-bond acceptors (Lipinski definition) is 3. The fraction of sp³-hybridized carbons (Fsp3) is 0.846. The Labute approximate surface area is 109 Å². The van der Waals surface area contributed by atoms with Crippen LogP contribution in [-0.2, 0) is 9.59 Å². The number of amides is 2. The largest absolute Gasteiger partial charge is 0.355 e. The normalized spacial score (nSPS) is 16.4. The molecule has 1 saturated carbocycles. The average molecular weight is 255 g/mol. The molecule has 5 nitrogen and oxygen atoms in total. The van der Waals surface area contributed by atoms with E-state index in [-0.39, 0.29) is 11.8 Å². The van der Waals surface area contributed by atoms with Crippen molar-refractivity contribution in [3.8, 4) is 0 Å². The minimum absolute atomic E-state index is 0.0988. The van der Waals surface area contributed by atoms with Crippen LogP contribution < -0.4 is 10.6 Å². The van der Waals surface area contributed by atoms with E-state index in [0.29, 0.717) is 25.9 Å². The van der Waals surface area contributed by atoms with E-state index < -0.39 is 5.41 Å². The fourth-order valence-corrected chi connectivity index (χ4v) is 1.79. The molecule has 0 unspecified atom stereocenters. The molecule has 18 heavy (non-hydrogen) atoms. The van der Waals surface area contributed by atoms with Crippen molar-refractivity contribution in [3.63, 3.8) is 0 Å². The lowest BCUT2D eigenvalue weighted by molar-refractivity contribution is -0.137. The second kappa shape index (κ2) is 6.73. The number of carbonyl (C=O) groups is 2. The van der Waals surface area contributed by atoms with Crippen molar-refractivity contribution in [1.82, 2.24) is 15.5 Å². The third-order valence-electron chi connectivity index (χ3n) is 3.28. The number of likely N-dealkylation sites (N-methyl/N-ethyl adjacent to an activating group) is 1. The summed E-state index contributed by atoms with van der Waals surface area (Å²) in [4.78, 5) is 26.0. The summed E-state index contributed by atoms with van der Waals surface area (Å²) in [6, 6.07) is 0. The smallest absolute Gasteiger partial charge is 0.235 e. The Morgan fingerprint density at radius 3 is 2.11 bits per heavy atom. The van der Waals surface area contributed by atoms with Crippen LogP contribution in [0.25, 0.3) is 0 Å². The molecule has 104 valence electrons. The van der Waals surface area contributed by atoms with Crippen molar-refractivity contribution in [3.05, 3.63) is 0 Å². The first kappa shape index (κ1) is 15.0. The van der Waals surface area contributed by atoms with Crippen LogP contribution in [-0.4, -0.2) is 50.4 Å². The number of nitrogens with one attached hydrogen (secondary N) is 2. The van der Waals surface area contributed by atoms with Gasteiger partial charge in [-0.15, -0.1) is 0 Å². The highest BCUT2D eigenvalue weighted by molar-refractivity contribution is 6.07. The number of hydrogen-bond donors (Lipinski definition) is 2. The summed E-state index contributed by atoms with van der Waals surface area (Å²) in [5.41, 5.74) is -0.764.